The van der Waals surface area contributed by atoms with Gasteiger partial charge in [-0.05, 0) is 36.0 Å². The first kappa shape index (κ1) is 21.8. The number of carbonyl (C=O) groups excluding carboxylic acids is 3. The Hall–Kier alpha value is -3.46. The van der Waals surface area contributed by atoms with Crippen LogP contribution in [0.3, 0.4) is 0 Å². The molecule has 9 heteroatoms. The van der Waals surface area contributed by atoms with Crippen LogP contribution in [0.2, 0.25) is 0 Å². The number of benzene rings is 2. The van der Waals surface area contributed by atoms with E-state index in [1.54, 1.807) is 23.1 Å². The Morgan fingerprint density at radius 3 is 2.47 bits per heavy atom. The van der Waals surface area contributed by atoms with E-state index in [-0.39, 0.29) is 28.9 Å². The third kappa shape index (κ3) is 4.43. The van der Waals surface area contributed by atoms with E-state index in [9.17, 15) is 19.5 Å². The van der Waals surface area contributed by atoms with Gasteiger partial charge in [-0.15, -0.1) is 0 Å². The van der Waals surface area contributed by atoms with Gasteiger partial charge < -0.3 is 19.6 Å². The number of para-hydroxylation sites is 2. The number of hydrogen-bond donors (Lipinski definition) is 1. The van der Waals surface area contributed by atoms with Crippen molar-refractivity contribution in [3.63, 3.8) is 0 Å². The van der Waals surface area contributed by atoms with Crippen molar-refractivity contribution in [3.8, 4) is 11.5 Å². The number of amides is 3. The highest BCUT2D eigenvalue weighted by Gasteiger charge is 2.37. The van der Waals surface area contributed by atoms with Gasteiger partial charge in [0.2, 0.25) is 5.91 Å². The van der Waals surface area contributed by atoms with Gasteiger partial charge in [0.25, 0.3) is 11.1 Å². The van der Waals surface area contributed by atoms with Crippen LogP contribution in [-0.2, 0) is 9.59 Å². The zero-order chi connectivity index (χ0) is 22.7. The smallest absolute Gasteiger partial charge is 0.294 e. The van der Waals surface area contributed by atoms with Gasteiger partial charge >= 0.3 is 0 Å². The molecule has 0 saturated carbocycles. The summed E-state index contributed by atoms with van der Waals surface area (Å²) in [4.78, 5) is 42.9. The van der Waals surface area contributed by atoms with E-state index < -0.39 is 11.1 Å². The topological polar surface area (TPSA) is 90.4 Å². The highest BCUT2D eigenvalue weighted by Crippen LogP contribution is 2.36. The lowest BCUT2D eigenvalue weighted by molar-refractivity contribution is -0.136. The first-order valence-corrected chi connectivity index (χ1v) is 11.0. The number of nitrogens with zero attached hydrogens (tertiary/aromatic N) is 3. The minimum Gasteiger partial charge on any atom is -0.504 e. The lowest BCUT2D eigenvalue weighted by atomic mass is 10.1. The normalized spacial score (nSPS) is 17.9. The predicted molar refractivity (Wildman–Crippen MR) is 123 cm³/mol. The number of anilines is 1. The summed E-state index contributed by atoms with van der Waals surface area (Å²) in [5, 5.41) is 9.73. The number of aromatic hydroxyl groups is 1. The van der Waals surface area contributed by atoms with Crippen LogP contribution < -0.4 is 9.64 Å². The Morgan fingerprint density at radius 1 is 1.06 bits per heavy atom. The zero-order valence-electron chi connectivity index (χ0n) is 17.6. The van der Waals surface area contributed by atoms with Crippen LogP contribution in [0.5, 0.6) is 11.5 Å². The maximum atomic E-state index is 12.8. The molecule has 32 heavy (non-hydrogen) atoms. The molecular formula is C23H23N3O5S. The van der Waals surface area contributed by atoms with Gasteiger partial charge in [0.15, 0.2) is 11.5 Å². The molecule has 0 atom stereocenters. The second-order valence-electron chi connectivity index (χ2n) is 7.37. The van der Waals surface area contributed by atoms with Crippen LogP contribution in [0.15, 0.2) is 53.4 Å². The predicted octanol–water partition coefficient (Wildman–Crippen LogP) is 2.79. The number of rotatable bonds is 5. The Morgan fingerprint density at radius 2 is 1.78 bits per heavy atom. The average molecular weight is 454 g/mol. The van der Waals surface area contributed by atoms with Gasteiger partial charge in [-0.25, -0.2) is 0 Å². The fraction of sp³-hybridized carbons (Fsp3) is 0.261. The van der Waals surface area contributed by atoms with Crippen molar-refractivity contribution < 1.29 is 24.2 Å². The van der Waals surface area contributed by atoms with E-state index in [1.165, 1.54) is 13.2 Å². The number of thioether (sulfide) groups is 1. The molecule has 0 radical (unpaired) electrons. The van der Waals surface area contributed by atoms with Gasteiger partial charge in [-0.1, -0.05) is 30.3 Å². The van der Waals surface area contributed by atoms with E-state index in [0.717, 1.165) is 22.3 Å². The molecule has 166 valence electrons. The number of hydrogen-bond acceptors (Lipinski definition) is 7. The molecule has 0 unspecified atom stereocenters. The lowest BCUT2D eigenvalue weighted by Gasteiger charge is -2.36. The van der Waals surface area contributed by atoms with Crippen molar-refractivity contribution in [2.75, 3.05) is 44.7 Å². The summed E-state index contributed by atoms with van der Waals surface area (Å²) in [5.74, 6) is -0.652. The Balaban J connectivity index is 1.39. The third-order valence-electron chi connectivity index (χ3n) is 5.46. The number of piperazine rings is 1. The highest BCUT2D eigenvalue weighted by molar-refractivity contribution is 8.18. The number of imide groups is 1. The van der Waals surface area contributed by atoms with Crippen LogP contribution in [0.25, 0.3) is 6.08 Å². The number of methoxy groups -OCH3 is 1. The van der Waals surface area contributed by atoms with Gasteiger partial charge in [-0.3, -0.25) is 19.3 Å². The molecule has 4 rings (SSSR count). The molecule has 2 aliphatic rings. The summed E-state index contributed by atoms with van der Waals surface area (Å²) in [6.45, 7) is 2.13. The van der Waals surface area contributed by atoms with E-state index in [2.05, 4.69) is 4.90 Å². The fourth-order valence-electron chi connectivity index (χ4n) is 3.69. The zero-order valence-corrected chi connectivity index (χ0v) is 18.4. The van der Waals surface area contributed by atoms with Crippen molar-refractivity contribution in [2.45, 2.75) is 0 Å². The fourth-order valence-corrected chi connectivity index (χ4v) is 4.52. The summed E-state index contributed by atoms with van der Waals surface area (Å²) >= 11 is 0.753. The van der Waals surface area contributed by atoms with E-state index in [0.29, 0.717) is 31.7 Å². The van der Waals surface area contributed by atoms with Crippen LogP contribution >= 0.6 is 11.8 Å². The molecule has 2 aromatic rings. The van der Waals surface area contributed by atoms with Crippen LogP contribution in [-0.4, -0.2) is 71.8 Å². The monoisotopic (exact) mass is 453 g/mol. The Bertz CT molecular complexity index is 1060. The number of ether oxygens (including phenoxy) is 1. The molecule has 2 aromatic carbocycles. The first-order valence-electron chi connectivity index (χ1n) is 10.2. The van der Waals surface area contributed by atoms with Crippen molar-refractivity contribution in [3.05, 3.63) is 59.0 Å². The molecule has 1 N–H and O–H groups in total. The molecule has 0 aliphatic carbocycles. The van der Waals surface area contributed by atoms with Gasteiger partial charge in [-0.2, -0.15) is 0 Å². The minimum absolute atomic E-state index is 0.117. The van der Waals surface area contributed by atoms with Gasteiger partial charge in [0.05, 0.1) is 12.0 Å². The summed E-state index contributed by atoms with van der Waals surface area (Å²) in [5.41, 5.74) is 1.47. The molecule has 8 nitrogen and oxygen atoms in total. The van der Waals surface area contributed by atoms with Crippen molar-refractivity contribution >= 4 is 40.6 Å². The molecule has 0 bridgehead atoms. The largest absolute Gasteiger partial charge is 0.504 e. The number of phenolic OH excluding ortho intramolecular Hbond substituents is 1. The van der Waals surface area contributed by atoms with Crippen LogP contribution in [0.4, 0.5) is 10.5 Å². The van der Waals surface area contributed by atoms with E-state index >= 15 is 0 Å². The van der Waals surface area contributed by atoms with Gasteiger partial charge in [0, 0.05) is 37.4 Å². The molecular weight excluding hydrogens is 430 g/mol. The molecule has 2 heterocycles. The van der Waals surface area contributed by atoms with E-state index in [1.807, 2.05) is 30.3 Å². The molecule has 2 fully saturated rings. The maximum Gasteiger partial charge on any atom is 0.294 e. The summed E-state index contributed by atoms with van der Waals surface area (Å²) < 4.78 is 5.07. The SMILES string of the molecule is COc1cccc(C=C2SC(=O)N(CC(=O)N3CCN(c4ccccc4)CC3)C2=O)c1O. The average Bonchev–Trinajstić information content (AvgIpc) is 3.08. The van der Waals surface area contributed by atoms with Crippen molar-refractivity contribution in [1.82, 2.24) is 9.80 Å². The van der Waals surface area contributed by atoms with Crippen molar-refractivity contribution in [2.24, 2.45) is 0 Å². The van der Waals surface area contributed by atoms with Crippen molar-refractivity contribution in [1.29, 1.82) is 0 Å². The summed E-state index contributed by atoms with van der Waals surface area (Å²) in [6, 6.07) is 14.9. The summed E-state index contributed by atoms with van der Waals surface area (Å²) in [6.07, 6.45) is 1.44. The number of phenols is 1. The third-order valence-corrected chi connectivity index (χ3v) is 6.36. The molecule has 2 aliphatic heterocycles. The Labute approximate surface area is 190 Å². The molecule has 2 saturated heterocycles. The Kier molecular flexibility index (Phi) is 6.36. The second kappa shape index (κ2) is 9.35. The summed E-state index contributed by atoms with van der Waals surface area (Å²) in [7, 11) is 1.43. The quantitative estimate of drug-likeness (QED) is 0.696. The lowest BCUT2D eigenvalue weighted by Crippen LogP contribution is -2.51. The number of carbonyl (C=O) groups is 3. The van der Waals surface area contributed by atoms with Gasteiger partial charge in [0.1, 0.15) is 6.54 Å². The minimum atomic E-state index is -0.543. The molecule has 3 amide bonds. The van der Waals surface area contributed by atoms with Crippen LogP contribution in [0, 0.1) is 0 Å². The second-order valence-corrected chi connectivity index (χ2v) is 8.36. The highest BCUT2D eigenvalue weighted by atomic mass is 32.2. The molecule has 0 spiro atoms. The first-order chi connectivity index (χ1) is 15.5. The van der Waals surface area contributed by atoms with E-state index in [4.69, 9.17) is 4.74 Å². The van der Waals surface area contributed by atoms with Crippen LogP contribution in [0.1, 0.15) is 5.56 Å². The standard InChI is InChI=1S/C23H23N3O5S/c1-31-18-9-5-6-16(21(18)28)14-19-22(29)26(23(30)32-19)15-20(27)25-12-10-24(11-13-25)17-7-3-2-4-8-17/h2-9,14,28H,10-13,15H2,1H3. The maximum absolute atomic E-state index is 12.8. The molecule has 0 aromatic heterocycles.